The minimum Gasteiger partial charge on any atom is -0.496 e. The van der Waals surface area contributed by atoms with Crippen LogP contribution in [-0.4, -0.2) is 38.8 Å². The number of nitrogens with zero attached hydrogens (tertiary/aromatic N) is 1. The smallest absolute Gasteiger partial charge is 0.251 e. The number of para-hydroxylation sites is 1. The molecule has 1 aliphatic rings. The first kappa shape index (κ1) is 21.3. The van der Waals surface area contributed by atoms with E-state index in [1.807, 2.05) is 31.2 Å². The Morgan fingerprint density at radius 3 is 2.38 bits per heavy atom. The highest BCUT2D eigenvalue weighted by Crippen LogP contribution is 2.24. The van der Waals surface area contributed by atoms with Crippen LogP contribution in [0.3, 0.4) is 0 Å². The number of benzene rings is 2. The number of hydrogen-bond acceptors (Lipinski definition) is 4. The third kappa shape index (κ3) is 5.36. The summed E-state index contributed by atoms with van der Waals surface area (Å²) in [7, 11) is -1.71. The number of carbonyl (C=O) groups excluding carboxylic acids is 1. The van der Waals surface area contributed by atoms with E-state index in [0.717, 1.165) is 30.6 Å². The number of sulfonamides is 1. The minimum atomic E-state index is -3.31. The number of piperidine rings is 1. The maximum atomic E-state index is 12.6. The fourth-order valence-electron chi connectivity index (χ4n) is 3.58. The van der Waals surface area contributed by atoms with E-state index < -0.39 is 10.0 Å². The normalized spacial score (nSPS) is 16.2. The van der Waals surface area contributed by atoms with Crippen LogP contribution in [0.25, 0.3) is 0 Å². The van der Waals surface area contributed by atoms with Gasteiger partial charge in [0.25, 0.3) is 5.91 Å². The quantitative estimate of drug-likeness (QED) is 0.750. The molecule has 29 heavy (non-hydrogen) atoms. The van der Waals surface area contributed by atoms with Crippen LogP contribution in [0.4, 0.5) is 0 Å². The summed E-state index contributed by atoms with van der Waals surface area (Å²) >= 11 is 0. The molecule has 7 heteroatoms. The van der Waals surface area contributed by atoms with Gasteiger partial charge in [0, 0.05) is 24.2 Å². The van der Waals surface area contributed by atoms with Gasteiger partial charge in [0.15, 0.2) is 0 Å². The Balaban J connectivity index is 1.64. The molecule has 2 aromatic carbocycles. The first-order valence-corrected chi connectivity index (χ1v) is 11.5. The van der Waals surface area contributed by atoms with Crippen LogP contribution in [0.5, 0.6) is 5.75 Å². The predicted octanol–water partition coefficient (Wildman–Crippen LogP) is 3.50. The molecule has 1 amide bonds. The van der Waals surface area contributed by atoms with E-state index in [4.69, 9.17) is 4.74 Å². The Morgan fingerprint density at radius 1 is 1.07 bits per heavy atom. The minimum absolute atomic E-state index is 0.0352. The molecule has 6 nitrogen and oxygen atoms in total. The second-order valence-electron chi connectivity index (χ2n) is 7.35. The van der Waals surface area contributed by atoms with Crippen molar-refractivity contribution in [1.82, 2.24) is 9.62 Å². The zero-order valence-corrected chi connectivity index (χ0v) is 17.7. The van der Waals surface area contributed by atoms with Crippen molar-refractivity contribution in [3.63, 3.8) is 0 Å². The SMILES string of the molecule is COc1ccccc1C(C)NC(=O)c1ccc(CS(=O)(=O)N2CCCCC2)cc1. The molecule has 0 aliphatic carbocycles. The van der Waals surface area contributed by atoms with Crippen molar-refractivity contribution in [1.29, 1.82) is 0 Å². The Hall–Kier alpha value is -2.38. The van der Waals surface area contributed by atoms with E-state index in [9.17, 15) is 13.2 Å². The number of methoxy groups -OCH3 is 1. The Morgan fingerprint density at radius 2 is 1.72 bits per heavy atom. The molecule has 3 rings (SSSR count). The van der Waals surface area contributed by atoms with Gasteiger partial charge in [-0.05, 0) is 43.5 Å². The van der Waals surface area contributed by atoms with Crippen molar-refractivity contribution in [2.45, 2.75) is 38.0 Å². The van der Waals surface area contributed by atoms with Crippen LogP contribution in [0.2, 0.25) is 0 Å². The van der Waals surface area contributed by atoms with Crippen molar-refractivity contribution in [2.75, 3.05) is 20.2 Å². The van der Waals surface area contributed by atoms with Crippen molar-refractivity contribution < 1.29 is 17.9 Å². The molecule has 1 aliphatic heterocycles. The topological polar surface area (TPSA) is 75.7 Å². The summed E-state index contributed by atoms with van der Waals surface area (Å²) < 4.78 is 32.1. The van der Waals surface area contributed by atoms with Gasteiger partial charge in [0.2, 0.25) is 10.0 Å². The van der Waals surface area contributed by atoms with Gasteiger partial charge >= 0.3 is 0 Å². The first-order valence-electron chi connectivity index (χ1n) is 9.91. The third-order valence-electron chi connectivity index (χ3n) is 5.23. The van der Waals surface area contributed by atoms with E-state index in [-0.39, 0.29) is 17.7 Å². The molecule has 0 radical (unpaired) electrons. The maximum absolute atomic E-state index is 12.6. The third-order valence-corrected chi connectivity index (χ3v) is 7.08. The molecular weight excluding hydrogens is 388 g/mol. The van der Waals surface area contributed by atoms with E-state index in [2.05, 4.69) is 5.32 Å². The lowest BCUT2D eigenvalue weighted by Crippen LogP contribution is -2.36. The molecule has 0 saturated carbocycles. The molecule has 156 valence electrons. The number of rotatable bonds is 7. The summed E-state index contributed by atoms with van der Waals surface area (Å²) in [5.41, 5.74) is 2.07. The van der Waals surface area contributed by atoms with Crippen molar-refractivity contribution in [2.24, 2.45) is 0 Å². The number of nitrogens with one attached hydrogen (secondary N) is 1. The van der Waals surface area contributed by atoms with Crippen molar-refractivity contribution in [3.8, 4) is 5.75 Å². The van der Waals surface area contributed by atoms with Gasteiger partial charge in [-0.1, -0.05) is 36.8 Å². The zero-order valence-electron chi connectivity index (χ0n) is 16.9. The van der Waals surface area contributed by atoms with Crippen LogP contribution in [0.15, 0.2) is 48.5 Å². The van der Waals surface area contributed by atoms with E-state index >= 15 is 0 Å². The van der Waals surface area contributed by atoms with Gasteiger partial charge in [-0.2, -0.15) is 0 Å². The molecule has 0 aromatic heterocycles. The summed E-state index contributed by atoms with van der Waals surface area (Å²) in [6, 6.07) is 14.1. The molecule has 1 atom stereocenters. The van der Waals surface area contributed by atoms with E-state index in [0.29, 0.717) is 24.2 Å². The maximum Gasteiger partial charge on any atom is 0.251 e. The van der Waals surface area contributed by atoms with Gasteiger partial charge in [-0.25, -0.2) is 12.7 Å². The fraction of sp³-hybridized carbons (Fsp3) is 0.409. The van der Waals surface area contributed by atoms with Crippen LogP contribution in [0, 0.1) is 0 Å². The van der Waals surface area contributed by atoms with Gasteiger partial charge in [-0.15, -0.1) is 0 Å². The monoisotopic (exact) mass is 416 g/mol. The molecule has 2 aromatic rings. The van der Waals surface area contributed by atoms with E-state index in [1.165, 1.54) is 0 Å². The molecule has 0 spiro atoms. The van der Waals surface area contributed by atoms with Gasteiger partial charge in [0.1, 0.15) is 5.75 Å². The van der Waals surface area contributed by atoms with Gasteiger partial charge in [-0.3, -0.25) is 4.79 Å². The zero-order chi connectivity index (χ0) is 20.9. The average Bonchev–Trinajstić information content (AvgIpc) is 2.74. The first-order chi connectivity index (χ1) is 13.9. The largest absolute Gasteiger partial charge is 0.496 e. The van der Waals surface area contributed by atoms with Crippen LogP contribution < -0.4 is 10.1 Å². The standard InChI is InChI=1S/C22H28N2O4S/c1-17(20-8-4-5-9-21(20)28-2)23-22(25)19-12-10-18(11-13-19)16-29(26,27)24-14-6-3-7-15-24/h4-5,8-13,17H,3,6-7,14-16H2,1-2H3,(H,23,25). The Bertz CT molecular complexity index is 936. The molecule has 1 saturated heterocycles. The summed E-state index contributed by atoms with van der Waals surface area (Å²) in [5, 5.41) is 2.96. The summed E-state index contributed by atoms with van der Waals surface area (Å²) in [5.74, 6) is 0.472. The highest BCUT2D eigenvalue weighted by atomic mass is 32.2. The summed E-state index contributed by atoms with van der Waals surface area (Å²) in [6.45, 7) is 3.10. The molecule has 1 N–H and O–H groups in total. The number of amides is 1. The van der Waals surface area contributed by atoms with Crippen LogP contribution in [-0.2, 0) is 15.8 Å². The second kappa shape index (κ2) is 9.41. The van der Waals surface area contributed by atoms with Crippen LogP contribution in [0.1, 0.15) is 53.7 Å². The molecule has 1 unspecified atom stereocenters. The lowest BCUT2D eigenvalue weighted by Gasteiger charge is -2.25. The summed E-state index contributed by atoms with van der Waals surface area (Å²) in [6.07, 6.45) is 2.93. The number of hydrogen-bond donors (Lipinski definition) is 1. The highest BCUT2D eigenvalue weighted by Gasteiger charge is 2.24. The van der Waals surface area contributed by atoms with Gasteiger partial charge < -0.3 is 10.1 Å². The Labute approximate surface area is 172 Å². The average molecular weight is 417 g/mol. The predicted molar refractivity (Wildman–Crippen MR) is 113 cm³/mol. The Kier molecular flexibility index (Phi) is 6.92. The summed E-state index contributed by atoms with van der Waals surface area (Å²) in [4.78, 5) is 12.6. The lowest BCUT2D eigenvalue weighted by molar-refractivity contribution is 0.0939. The van der Waals surface area contributed by atoms with Crippen molar-refractivity contribution >= 4 is 15.9 Å². The number of carbonyl (C=O) groups is 1. The number of ether oxygens (including phenoxy) is 1. The van der Waals surface area contributed by atoms with Gasteiger partial charge in [0.05, 0.1) is 18.9 Å². The van der Waals surface area contributed by atoms with Crippen LogP contribution >= 0.6 is 0 Å². The molecule has 1 fully saturated rings. The molecule has 1 heterocycles. The van der Waals surface area contributed by atoms with E-state index in [1.54, 1.807) is 35.7 Å². The molecular formula is C22H28N2O4S. The highest BCUT2D eigenvalue weighted by molar-refractivity contribution is 7.88. The second-order valence-corrected chi connectivity index (χ2v) is 9.32. The van der Waals surface area contributed by atoms with Crippen molar-refractivity contribution in [3.05, 3.63) is 65.2 Å². The fourth-order valence-corrected chi connectivity index (χ4v) is 5.19. The lowest BCUT2D eigenvalue weighted by atomic mass is 10.1. The molecule has 0 bridgehead atoms.